The van der Waals surface area contributed by atoms with E-state index in [1.54, 1.807) is 13.2 Å². The van der Waals surface area contributed by atoms with Crippen LogP contribution in [0, 0.1) is 0 Å². The number of aromatic nitrogens is 1. The molecule has 1 aromatic heterocycles. The van der Waals surface area contributed by atoms with Crippen molar-refractivity contribution in [3.8, 4) is 5.75 Å². The molecule has 0 aliphatic heterocycles. The van der Waals surface area contributed by atoms with Crippen molar-refractivity contribution in [1.82, 2.24) is 4.98 Å². The maximum absolute atomic E-state index is 10.9. The third-order valence-corrected chi connectivity index (χ3v) is 2.96. The van der Waals surface area contributed by atoms with E-state index in [2.05, 4.69) is 4.98 Å². The monoisotopic (exact) mass is 272 g/mol. The summed E-state index contributed by atoms with van der Waals surface area (Å²) in [6.45, 7) is 0.593. The van der Waals surface area contributed by atoms with Crippen molar-refractivity contribution >= 4 is 11.7 Å². The molecule has 2 aromatic rings. The van der Waals surface area contributed by atoms with Gasteiger partial charge in [-0.25, -0.2) is 9.78 Å². The standard InChI is InChI=1S/C15H16N2O3/c1-17(12-4-3-5-13(9-12)20-2)10-11-6-7-16-14(8-11)15(18)19/h3-9H,10H2,1-2H3,(H,18,19). The fourth-order valence-corrected chi connectivity index (χ4v) is 1.90. The van der Waals surface area contributed by atoms with Gasteiger partial charge in [-0.2, -0.15) is 0 Å². The molecule has 0 aliphatic carbocycles. The average molecular weight is 272 g/mol. The van der Waals surface area contributed by atoms with Crippen LogP contribution >= 0.6 is 0 Å². The van der Waals surface area contributed by atoms with Crippen molar-refractivity contribution in [2.24, 2.45) is 0 Å². The van der Waals surface area contributed by atoms with E-state index in [9.17, 15) is 4.79 Å². The number of benzene rings is 1. The zero-order valence-electron chi connectivity index (χ0n) is 11.4. The lowest BCUT2D eigenvalue weighted by molar-refractivity contribution is 0.0690. The van der Waals surface area contributed by atoms with Gasteiger partial charge in [0.15, 0.2) is 0 Å². The average Bonchev–Trinajstić information content (AvgIpc) is 2.47. The van der Waals surface area contributed by atoms with Gasteiger partial charge < -0.3 is 14.7 Å². The van der Waals surface area contributed by atoms with Gasteiger partial charge in [0.25, 0.3) is 0 Å². The maximum atomic E-state index is 10.9. The van der Waals surface area contributed by atoms with E-state index in [1.807, 2.05) is 42.3 Å². The van der Waals surface area contributed by atoms with E-state index >= 15 is 0 Å². The number of carbonyl (C=O) groups is 1. The van der Waals surface area contributed by atoms with Gasteiger partial charge in [-0.1, -0.05) is 6.07 Å². The van der Waals surface area contributed by atoms with Gasteiger partial charge in [0, 0.05) is 31.5 Å². The number of methoxy groups -OCH3 is 1. The van der Waals surface area contributed by atoms with Crippen molar-refractivity contribution < 1.29 is 14.6 Å². The summed E-state index contributed by atoms with van der Waals surface area (Å²) in [4.78, 5) is 16.7. The predicted octanol–water partition coefficient (Wildman–Crippen LogP) is 2.42. The van der Waals surface area contributed by atoms with Crippen LogP contribution < -0.4 is 9.64 Å². The number of hydrogen-bond donors (Lipinski definition) is 1. The summed E-state index contributed by atoms with van der Waals surface area (Å²) in [7, 11) is 3.57. The molecule has 1 N–H and O–H groups in total. The topological polar surface area (TPSA) is 62.7 Å². The lowest BCUT2D eigenvalue weighted by Gasteiger charge is -2.20. The molecule has 0 unspecified atom stereocenters. The first kappa shape index (κ1) is 13.9. The molecular weight excluding hydrogens is 256 g/mol. The molecule has 0 radical (unpaired) electrons. The second kappa shape index (κ2) is 6.06. The van der Waals surface area contributed by atoms with Crippen LogP contribution in [0.1, 0.15) is 16.1 Å². The first-order valence-corrected chi connectivity index (χ1v) is 6.13. The van der Waals surface area contributed by atoms with Crippen LogP contribution in [0.25, 0.3) is 0 Å². The highest BCUT2D eigenvalue weighted by molar-refractivity contribution is 5.85. The fourth-order valence-electron chi connectivity index (χ4n) is 1.90. The van der Waals surface area contributed by atoms with Crippen molar-refractivity contribution in [2.75, 3.05) is 19.1 Å². The predicted molar refractivity (Wildman–Crippen MR) is 76.3 cm³/mol. The van der Waals surface area contributed by atoms with Crippen molar-refractivity contribution in [3.63, 3.8) is 0 Å². The Hall–Kier alpha value is -2.56. The molecule has 0 atom stereocenters. The Bertz CT molecular complexity index is 614. The third kappa shape index (κ3) is 3.26. The molecule has 2 rings (SSSR count). The number of nitrogens with zero attached hydrogens (tertiary/aromatic N) is 2. The van der Waals surface area contributed by atoms with Gasteiger partial charge in [-0.15, -0.1) is 0 Å². The number of carboxylic acids is 1. The van der Waals surface area contributed by atoms with E-state index in [0.717, 1.165) is 17.0 Å². The van der Waals surface area contributed by atoms with Crippen molar-refractivity contribution in [1.29, 1.82) is 0 Å². The summed E-state index contributed by atoms with van der Waals surface area (Å²) in [5, 5.41) is 8.94. The van der Waals surface area contributed by atoms with Crippen LogP contribution in [0.4, 0.5) is 5.69 Å². The number of hydrogen-bond acceptors (Lipinski definition) is 4. The Morgan fingerprint density at radius 2 is 2.15 bits per heavy atom. The van der Waals surface area contributed by atoms with Crippen LogP contribution in [0.15, 0.2) is 42.6 Å². The molecule has 20 heavy (non-hydrogen) atoms. The first-order valence-electron chi connectivity index (χ1n) is 6.13. The molecule has 5 heteroatoms. The molecular formula is C15H16N2O3. The molecule has 0 saturated heterocycles. The Labute approximate surface area is 117 Å². The molecule has 0 spiro atoms. The van der Waals surface area contributed by atoms with Gasteiger partial charge in [-0.3, -0.25) is 0 Å². The lowest BCUT2D eigenvalue weighted by atomic mass is 10.2. The SMILES string of the molecule is COc1cccc(N(C)Cc2ccnc(C(=O)O)c2)c1. The number of ether oxygens (including phenoxy) is 1. The van der Waals surface area contributed by atoms with Gasteiger partial charge >= 0.3 is 5.97 Å². The van der Waals surface area contributed by atoms with Crippen molar-refractivity contribution in [3.05, 3.63) is 53.9 Å². The molecule has 0 bridgehead atoms. The summed E-state index contributed by atoms with van der Waals surface area (Å²) >= 11 is 0. The zero-order valence-corrected chi connectivity index (χ0v) is 11.4. The Balaban J connectivity index is 2.16. The summed E-state index contributed by atoms with van der Waals surface area (Å²) in [5.41, 5.74) is 1.95. The highest BCUT2D eigenvalue weighted by Crippen LogP contribution is 2.21. The van der Waals surface area contributed by atoms with Gasteiger partial charge in [0.1, 0.15) is 11.4 Å². The third-order valence-electron chi connectivity index (χ3n) is 2.96. The van der Waals surface area contributed by atoms with E-state index < -0.39 is 5.97 Å². The van der Waals surface area contributed by atoms with Crippen molar-refractivity contribution in [2.45, 2.75) is 6.54 Å². The van der Waals surface area contributed by atoms with Gasteiger partial charge in [0.2, 0.25) is 0 Å². The number of pyridine rings is 1. The highest BCUT2D eigenvalue weighted by Gasteiger charge is 2.08. The van der Waals surface area contributed by atoms with E-state index in [1.165, 1.54) is 6.20 Å². The fraction of sp³-hybridized carbons (Fsp3) is 0.200. The minimum Gasteiger partial charge on any atom is -0.497 e. The Morgan fingerprint density at radius 1 is 1.35 bits per heavy atom. The Morgan fingerprint density at radius 3 is 2.85 bits per heavy atom. The lowest BCUT2D eigenvalue weighted by Crippen LogP contribution is -2.16. The number of aromatic carboxylic acids is 1. The second-order valence-corrected chi connectivity index (χ2v) is 4.41. The Kier molecular flexibility index (Phi) is 4.20. The summed E-state index contributed by atoms with van der Waals surface area (Å²) < 4.78 is 5.19. The summed E-state index contributed by atoms with van der Waals surface area (Å²) in [5.74, 6) is -0.230. The van der Waals surface area contributed by atoms with E-state index in [0.29, 0.717) is 6.54 Å². The van der Waals surface area contributed by atoms with Crippen LogP contribution in [-0.2, 0) is 6.54 Å². The minimum atomic E-state index is -1.02. The van der Waals surface area contributed by atoms with Crippen LogP contribution in [0.3, 0.4) is 0 Å². The molecule has 1 aromatic carbocycles. The highest BCUT2D eigenvalue weighted by atomic mass is 16.5. The molecule has 0 saturated carbocycles. The van der Waals surface area contributed by atoms with E-state index in [4.69, 9.17) is 9.84 Å². The first-order chi connectivity index (χ1) is 9.60. The van der Waals surface area contributed by atoms with Gasteiger partial charge in [0.05, 0.1) is 7.11 Å². The normalized spacial score (nSPS) is 10.1. The molecule has 1 heterocycles. The maximum Gasteiger partial charge on any atom is 0.354 e. The summed E-state index contributed by atoms with van der Waals surface area (Å²) in [6, 6.07) is 11.1. The molecule has 0 amide bonds. The molecule has 0 aliphatic rings. The van der Waals surface area contributed by atoms with E-state index in [-0.39, 0.29) is 5.69 Å². The van der Waals surface area contributed by atoms with Crippen LogP contribution in [-0.4, -0.2) is 30.2 Å². The molecule has 104 valence electrons. The minimum absolute atomic E-state index is 0.0570. The smallest absolute Gasteiger partial charge is 0.354 e. The number of carboxylic acid groups (broad SMARTS) is 1. The second-order valence-electron chi connectivity index (χ2n) is 4.41. The summed E-state index contributed by atoms with van der Waals surface area (Å²) in [6.07, 6.45) is 1.51. The number of rotatable bonds is 5. The molecule has 5 nitrogen and oxygen atoms in total. The van der Waals surface area contributed by atoms with Crippen LogP contribution in [0.5, 0.6) is 5.75 Å². The zero-order chi connectivity index (χ0) is 14.5. The van der Waals surface area contributed by atoms with Crippen LogP contribution in [0.2, 0.25) is 0 Å². The van der Waals surface area contributed by atoms with Gasteiger partial charge in [-0.05, 0) is 29.8 Å². The molecule has 0 fully saturated rings. The quantitative estimate of drug-likeness (QED) is 0.905. The largest absolute Gasteiger partial charge is 0.497 e. The number of anilines is 1.